The highest BCUT2D eigenvalue weighted by atomic mass is 19.1. The summed E-state index contributed by atoms with van der Waals surface area (Å²) in [5.41, 5.74) is 4.46. The van der Waals surface area contributed by atoms with Crippen molar-refractivity contribution in [1.82, 2.24) is 9.55 Å². The summed E-state index contributed by atoms with van der Waals surface area (Å²) in [6.45, 7) is 7.17. The Hall–Kier alpha value is -3.40. The molecule has 0 aliphatic heterocycles. The Labute approximate surface area is 182 Å². The number of aromatic nitrogens is 2. The molecule has 4 heteroatoms. The van der Waals surface area contributed by atoms with Gasteiger partial charge >= 0.3 is 0 Å². The van der Waals surface area contributed by atoms with Crippen molar-refractivity contribution >= 4 is 23.2 Å². The van der Waals surface area contributed by atoms with E-state index in [1.165, 1.54) is 0 Å². The van der Waals surface area contributed by atoms with E-state index in [9.17, 15) is 4.39 Å². The predicted molar refractivity (Wildman–Crippen MR) is 126 cm³/mol. The van der Waals surface area contributed by atoms with Crippen molar-refractivity contribution in [1.29, 1.82) is 0 Å². The van der Waals surface area contributed by atoms with E-state index < -0.39 is 5.67 Å². The van der Waals surface area contributed by atoms with Gasteiger partial charge in [0.25, 0.3) is 0 Å². The Kier molecular flexibility index (Phi) is 5.64. The lowest BCUT2D eigenvalue weighted by Gasteiger charge is -2.14. The molecule has 0 spiro atoms. The third-order valence-electron chi connectivity index (χ3n) is 5.12. The summed E-state index contributed by atoms with van der Waals surface area (Å²) in [5, 5.41) is 0. The molecule has 0 aliphatic rings. The minimum atomic E-state index is -1.33. The number of rotatable bonds is 6. The highest BCUT2D eigenvalue weighted by Gasteiger charge is 2.17. The molecule has 1 heterocycles. The van der Waals surface area contributed by atoms with E-state index in [4.69, 9.17) is 4.74 Å². The zero-order chi connectivity index (χ0) is 22.0. The molecule has 0 fully saturated rings. The maximum absolute atomic E-state index is 14.0. The van der Waals surface area contributed by atoms with Gasteiger partial charge in [-0.1, -0.05) is 42.5 Å². The molecule has 1 aromatic heterocycles. The van der Waals surface area contributed by atoms with E-state index in [0.717, 1.165) is 33.6 Å². The van der Waals surface area contributed by atoms with Gasteiger partial charge in [0.15, 0.2) is 0 Å². The monoisotopic (exact) mass is 414 g/mol. The van der Waals surface area contributed by atoms with Gasteiger partial charge in [-0.2, -0.15) is 0 Å². The fraction of sp³-hybridized carbons (Fsp3) is 0.222. The fourth-order valence-corrected chi connectivity index (χ4v) is 3.48. The molecule has 0 saturated heterocycles. The van der Waals surface area contributed by atoms with E-state index in [1.54, 1.807) is 13.8 Å². The van der Waals surface area contributed by atoms with Crippen LogP contribution in [0.3, 0.4) is 0 Å². The highest BCUT2D eigenvalue weighted by Crippen LogP contribution is 2.25. The van der Waals surface area contributed by atoms with Crippen LogP contribution in [0.25, 0.3) is 28.9 Å². The second-order valence-corrected chi connectivity index (χ2v) is 8.45. The molecule has 0 radical (unpaired) electrons. The average Bonchev–Trinajstić information content (AvgIpc) is 3.15. The molecule has 158 valence electrons. The van der Waals surface area contributed by atoms with Crippen molar-refractivity contribution in [3.63, 3.8) is 0 Å². The number of halogens is 1. The molecule has 0 bridgehead atoms. The number of nitrogens with zero attached hydrogens (tertiary/aromatic N) is 2. The normalized spacial score (nSPS) is 12.2. The highest BCUT2D eigenvalue weighted by molar-refractivity contribution is 5.82. The van der Waals surface area contributed by atoms with Crippen LogP contribution in [-0.4, -0.2) is 15.7 Å². The lowest BCUT2D eigenvalue weighted by Crippen LogP contribution is -2.08. The first-order valence-corrected chi connectivity index (χ1v) is 10.5. The van der Waals surface area contributed by atoms with E-state index in [0.29, 0.717) is 5.56 Å². The lowest BCUT2D eigenvalue weighted by atomic mass is 9.99. The van der Waals surface area contributed by atoms with Gasteiger partial charge in [-0.15, -0.1) is 0 Å². The van der Waals surface area contributed by atoms with Crippen LogP contribution in [0.4, 0.5) is 4.39 Å². The summed E-state index contributed by atoms with van der Waals surface area (Å²) in [6.07, 6.45) is 6.07. The summed E-state index contributed by atoms with van der Waals surface area (Å²) >= 11 is 0. The van der Waals surface area contributed by atoms with Crippen LogP contribution in [0.2, 0.25) is 0 Å². The molecule has 0 atom stereocenters. The zero-order valence-electron chi connectivity index (χ0n) is 18.3. The predicted octanol–water partition coefficient (Wildman–Crippen LogP) is 7.19. The summed E-state index contributed by atoms with van der Waals surface area (Å²) in [4.78, 5) is 4.58. The topological polar surface area (TPSA) is 27.1 Å². The van der Waals surface area contributed by atoms with Crippen LogP contribution in [0.1, 0.15) is 44.4 Å². The zero-order valence-corrected chi connectivity index (χ0v) is 18.3. The van der Waals surface area contributed by atoms with Crippen molar-refractivity contribution in [2.24, 2.45) is 0 Å². The Morgan fingerprint density at radius 2 is 1.55 bits per heavy atom. The maximum atomic E-state index is 14.0. The van der Waals surface area contributed by atoms with Crippen LogP contribution in [0, 0.1) is 0 Å². The van der Waals surface area contributed by atoms with Crippen LogP contribution in [-0.2, 0) is 5.67 Å². The quantitative estimate of drug-likeness (QED) is 0.312. The molecule has 4 aromatic rings. The minimum Gasteiger partial charge on any atom is -0.491 e. The number of benzene rings is 3. The summed E-state index contributed by atoms with van der Waals surface area (Å²) in [7, 11) is 0. The molecule has 4 rings (SSSR count). The molecule has 3 aromatic carbocycles. The van der Waals surface area contributed by atoms with Crippen LogP contribution >= 0.6 is 0 Å². The third-order valence-corrected chi connectivity index (χ3v) is 5.12. The number of fused-ring (bicyclic) bond motifs is 1. The molecule has 31 heavy (non-hydrogen) atoms. The smallest absolute Gasteiger partial charge is 0.130 e. The molecule has 0 N–H and O–H groups in total. The number of imidazole rings is 1. The van der Waals surface area contributed by atoms with Gasteiger partial charge < -0.3 is 4.74 Å². The molecule has 0 saturated carbocycles. The van der Waals surface area contributed by atoms with Gasteiger partial charge in [-0.25, -0.2) is 9.37 Å². The molecule has 0 unspecified atom stereocenters. The maximum Gasteiger partial charge on any atom is 0.130 e. The summed E-state index contributed by atoms with van der Waals surface area (Å²) in [6, 6.07) is 21.8. The van der Waals surface area contributed by atoms with Gasteiger partial charge in [0.05, 0.1) is 17.1 Å². The van der Waals surface area contributed by atoms with E-state index in [-0.39, 0.29) is 6.10 Å². The van der Waals surface area contributed by atoms with Crippen LogP contribution in [0.5, 0.6) is 5.75 Å². The first-order valence-electron chi connectivity index (χ1n) is 10.5. The second kappa shape index (κ2) is 8.38. The Bertz CT molecular complexity index is 1200. The SMILES string of the molecule is CC(C)Oc1ccc(-n2cnc3cc(C=Cc4ccc(C(C)(C)F)cc4)ccc32)cc1. The minimum absolute atomic E-state index is 0.153. The van der Waals surface area contributed by atoms with Gasteiger partial charge in [0, 0.05) is 5.69 Å². The second-order valence-electron chi connectivity index (χ2n) is 8.45. The summed E-state index contributed by atoms with van der Waals surface area (Å²) < 4.78 is 21.8. The lowest BCUT2D eigenvalue weighted by molar-refractivity contribution is 0.221. The number of alkyl halides is 1. The largest absolute Gasteiger partial charge is 0.491 e. The average molecular weight is 415 g/mol. The fourth-order valence-electron chi connectivity index (χ4n) is 3.48. The summed E-state index contributed by atoms with van der Waals surface area (Å²) in [5.74, 6) is 0.860. The molecule has 3 nitrogen and oxygen atoms in total. The van der Waals surface area contributed by atoms with Crippen molar-refractivity contribution in [2.45, 2.75) is 39.5 Å². The van der Waals surface area contributed by atoms with E-state index >= 15 is 0 Å². The van der Waals surface area contributed by atoms with E-state index in [2.05, 4.69) is 27.8 Å². The number of ether oxygens (including phenoxy) is 1. The Morgan fingerprint density at radius 3 is 2.19 bits per heavy atom. The molecule has 0 amide bonds. The number of hydrogen-bond donors (Lipinski definition) is 0. The van der Waals surface area contributed by atoms with Gasteiger partial charge in [-0.05, 0) is 80.8 Å². The Morgan fingerprint density at radius 1 is 0.903 bits per heavy atom. The van der Waals surface area contributed by atoms with Crippen LogP contribution < -0.4 is 4.74 Å². The van der Waals surface area contributed by atoms with Gasteiger partial charge in [-0.3, -0.25) is 4.57 Å². The third kappa shape index (κ3) is 4.85. The van der Waals surface area contributed by atoms with Crippen LogP contribution in [0.15, 0.2) is 73.1 Å². The van der Waals surface area contributed by atoms with Crippen molar-refractivity contribution in [2.75, 3.05) is 0 Å². The molecular weight excluding hydrogens is 387 g/mol. The van der Waals surface area contributed by atoms with Crippen molar-refractivity contribution in [3.05, 3.63) is 89.7 Å². The Balaban J connectivity index is 1.54. The first-order chi connectivity index (χ1) is 14.8. The molecule has 0 aliphatic carbocycles. The standard InChI is InChI=1S/C27H27FN2O/c1-19(2)31-24-14-12-23(13-15-24)30-18-29-25-17-21(9-16-26(25)30)6-5-20-7-10-22(11-8-20)27(3,4)28/h5-19H,1-4H3. The first kappa shape index (κ1) is 20.9. The molecular formula is C27H27FN2O. The van der Waals surface area contributed by atoms with Gasteiger partial charge in [0.1, 0.15) is 17.7 Å². The number of hydrogen-bond acceptors (Lipinski definition) is 2. The van der Waals surface area contributed by atoms with Crippen molar-refractivity contribution < 1.29 is 9.13 Å². The van der Waals surface area contributed by atoms with Gasteiger partial charge in [0.2, 0.25) is 0 Å². The van der Waals surface area contributed by atoms with E-state index in [1.807, 2.05) is 80.9 Å². The van der Waals surface area contributed by atoms with Crippen molar-refractivity contribution in [3.8, 4) is 11.4 Å².